The minimum Gasteiger partial charge on any atom is -0.492 e. The number of nitrogens with zero attached hydrogens (tertiary/aromatic N) is 6. The van der Waals surface area contributed by atoms with Gasteiger partial charge in [-0.3, -0.25) is 49.5 Å². The first-order valence-electron chi connectivity index (χ1n) is 19.9. The molecule has 0 bridgehead atoms. The summed E-state index contributed by atoms with van der Waals surface area (Å²) in [7, 11) is 1.21. The number of pyridine rings is 1. The standard InChI is InChI=1S/C44H37F3N8O8S/c1-44(2)42(49)54(30-10-7-22(19-48)38(61-3)36(30)47)43(64)55(44)23-17-29(46)37(50-20-23)26-9-8-25(18-28(26)45)63-24-13-15-52(16-14-24)34(57)21-62-32-6-4-5-27-35(32)41(60)53(40(27)59)31-11-12-33(56)51-39(31)58/h4-10,17-18,20,24,31,49H,11-16,21H2,1-3H3,(H,51,56,58). The number of halogens is 3. The first kappa shape index (κ1) is 43.3. The number of likely N-dealkylation sites (tertiary alicyclic amines) is 1. The molecule has 16 nitrogen and oxygen atoms in total. The molecule has 5 amide bonds. The summed E-state index contributed by atoms with van der Waals surface area (Å²) in [6, 6.07) is 12.7. The van der Waals surface area contributed by atoms with Gasteiger partial charge in [0.2, 0.25) is 11.8 Å². The second-order valence-electron chi connectivity index (χ2n) is 15.7. The van der Waals surface area contributed by atoms with E-state index in [4.69, 9.17) is 31.8 Å². The Balaban J connectivity index is 0.879. The van der Waals surface area contributed by atoms with E-state index in [9.17, 15) is 29.2 Å². The van der Waals surface area contributed by atoms with Crippen molar-refractivity contribution in [2.75, 3.05) is 36.6 Å². The number of anilines is 2. The highest BCUT2D eigenvalue weighted by Gasteiger charge is 2.49. The van der Waals surface area contributed by atoms with Gasteiger partial charge in [0.15, 0.2) is 29.1 Å². The van der Waals surface area contributed by atoms with Crippen LogP contribution in [0, 0.1) is 34.2 Å². The highest BCUT2D eigenvalue weighted by Crippen LogP contribution is 2.41. The van der Waals surface area contributed by atoms with Gasteiger partial charge in [0, 0.05) is 50.0 Å². The SMILES string of the molecule is COc1c(C#N)ccc(N2C(=N)C(C)(C)N(c3cnc(-c4ccc(OC5CCN(C(=O)COc6cccc7c6C(=O)N(C6CCC(=O)NC6=O)C7=O)CC5)cc4F)c(F)c3)C2=S)c1F. The fourth-order valence-corrected chi connectivity index (χ4v) is 8.76. The van der Waals surface area contributed by atoms with Gasteiger partial charge < -0.3 is 24.0 Å². The number of amides is 5. The van der Waals surface area contributed by atoms with Gasteiger partial charge in [0.05, 0.1) is 46.9 Å². The quantitative estimate of drug-likeness (QED) is 0.155. The van der Waals surface area contributed by atoms with Gasteiger partial charge in [-0.25, -0.2) is 13.2 Å². The Morgan fingerprint density at radius 3 is 2.42 bits per heavy atom. The van der Waals surface area contributed by atoms with Crippen LogP contribution in [0.2, 0.25) is 0 Å². The van der Waals surface area contributed by atoms with E-state index in [-0.39, 0.29) is 93.5 Å². The van der Waals surface area contributed by atoms with Gasteiger partial charge in [-0.2, -0.15) is 5.26 Å². The van der Waals surface area contributed by atoms with Gasteiger partial charge >= 0.3 is 0 Å². The zero-order valence-corrected chi connectivity index (χ0v) is 35.2. The lowest BCUT2D eigenvalue weighted by molar-refractivity contribution is -0.136. The van der Waals surface area contributed by atoms with Crippen molar-refractivity contribution in [2.24, 2.45) is 0 Å². The molecule has 328 valence electrons. The number of carbonyl (C=O) groups is 5. The number of amidine groups is 1. The van der Waals surface area contributed by atoms with E-state index >= 15 is 13.2 Å². The number of thiocarbonyl (C=S) groups is 1. The third kappa shape index (κ3) is 7.40. The molecule has 4 aliphatic heterocycles. The normalized spacial score (nSPS) is 18.6. The first-order valence-corrected chi connectivity index (χ1v) is 20.3. The molecule has 0 aliphatic carbocycles. The lowest BCUT2D eigenvalue weighted by atomic mass is 10.0. The van der Waals surface area contributed by atoms with Crippen molar-refractivity contribution < 1.29 is 51.4 Å². The number of ether oxygens (including phenoxy) is 3. The molecular formula is C44H37F3N8O8S. The van der Waals surface area contributed by atoms with Crippen molar-refractivity contribution in [1.82, 2.24) is 20.1 Å². The van der Waals surface area contributed by atoms with Crippen molar-refractivity contribution in [3.05, 3.63) is 94.9 Å². The Hall–Kier alpha value is -7.40. The maximum absolute atomic E-state index is 15.8. The smallest absolute Gasteiger partial charge is 0.266 e. The second kappa shape index (κ2) is 16.7. The summed E-state index contributed by atoms with van der Waals surface area (Å²) >= 11 is 5.67. The van der Waals surface area contributed by atoms with E-state index in [1.807, 2.05) is 6.07 Å². The summed E-state index contributed by atoms with van der Waals surface area (Å²) in [5.41, 5.74) is -1.81. The highest BCUT2D eigenvalue weighted by molar-refractivity contribution is 7.81. The van der Waals surface area contributed by atoms with E-state index in [0.29, 0.717) is 12.8 Å². The van der Waals surface area contributed by atoms with Crippen LogP contribution in [0.4, 0.5) is 24.5 Å². The summed E-state index contributed by atoms with van der Waals surface area (Å²) in [6.07, 6.45) is 1.61. The fourth-order valence-electron chi connectivity index (χ4n) is 8.24. The summed E-state index contributed by atoms with van der Waals surface area (Å²) in [5.74, 6) is -6.00. The van der Waals surface area contributed by atoms with Gasteiger partial charge in [0.25, 0.3) is 17.7 Å². The number of methoxy groups -OCH3 is 1. The zero-order chi connectivity index (χ0) is 45.8. The number of nitriles is 1. The van der Waals surface area contributed by atoms with Crippen molar-refractivity contribution in [3.8, 4) is 34.6 Å². The van der Waals surface area contributed by atoms with Crippen molar-refractivity contribution in [3.63, 3.8) is 0 Å². The molecular weight excluding hydrogens is 858 g/mol. The second-order valence-corrected chi connectivity index (χ2v) is 16.1. The predicted molar refractivity (Wildman–Crippen MR) is 225 cm³/mol. The topological polar surface area (TPSA) is 199 Å². The van der Waals surface area contributed by atoms with Crippen LogP contribution in [0.1, 0.15) is 65.8 Å². The maximum atomic E-state index is 15.8. The molecule has 0 radical (unpaired) electrons. The van der Waals surface area contributed by atoms with Crippen molar-refractivity contribution in [1.29, 1.82) is 10.7 Å². The molecule has 2 N–H and O–H groups in total. The van der Waals surface area contributed by atoms with Crippen LogP contribution in [0.15, 0.2) is 60.8 Å². The molecule has 64 heavy (non-hydrogen) atoms. The molecule has 3 aromatic carbocycles. The molecule has 3 fully saturated rings. The Bertz CT molecular complexity index is 2750. The van der Waals surface area contributed by atoms with E-state index in [2.05, 4.69) is 10.3 Å². The number of piperidine rings is 2. The number of hydrogen-bond donors (Lipinski definition) is 2. The van der Waals surface area contributed by atoms with Gasteiger partial charge in [0.1, 0.15) is 47.1 Å². The first-order chi connectivity index (χ1) is 30.5. The summed E-state index contributed by atoms with van der Waals surface area (Å²) < 4.78 is 63.9. The molecule has 0 spiro atoms. The highest BCUT2D eigenvalue weighted by atomic mass is 32.1. The van der Waals surface area contributed by atoms with Gasteiger partial charge in [-0.1, -0.05) is 6.07 Å². The molecule has 8 rings (SSSR count). The van der Waals surface area contributed by atoms with Crippen molar-refractivity contribution >= 4 is 64.1 Å². The minimum absolute atomic E-state index is 0.00153. The van der Waals surface area contributed by atoms with Crippen LogP contribution in [0.5, 0.6) is 17.2 Å². The number of benzene rings is 3. The molecule has 1 unspecified atom stereocenters. The number of rotatable bonds is 10. The molecule has 1 atom stereocenters. The van der Waals surface area contributed by atoms with E-state index < -0.39 is 71.3 Å². The molecule has 4 aromatic rings. The molecule has 0 saturated carbocycles. The molecule has 20 heteroatoms. The lowest BCUT2D eigenvalue weighted by Gasteiger charge is -2.32. The predicted octanol–water partition coefficient (Wildman–Crippen LogP) is 5.26. The van der Waals surface area contributed by atoms with E-state index in [1.165, 1.54) is 60.7 Å². The number of imide groups is 2. The Morgan fingerprint density at radius 2 is 1.75 bits per heavy atom. The Kier molecular flexibility index (Phi) is 11.3. The van der Waals surface area contributed by atoms with Crippen LogP contribution in [0.25, 0.3) is 11.3 Å². The minimum atomic E-state index is -1.22. The molecule has 5 heterocycles. The Labute approximate surface area is 368 Å². The largest absolute Gasteiger partial charge is 0.492 e. The number of hydrogen-bond acceptors (Lipinski definition) is 12. The van der Waals surface area contributed by atoms with E-state index in [1.54, 1.807) is 18.7 Å². The van der Waals surface area contributed by atoms with Gasteiger partial charge in [-0.15, -0.1) is 0 Å². The van der Waals surface area contributed by atoms with Crippen LogP contribution in [0.3, 0.4) is 0 Å². The summed E-state index contributed by atoms with van der Waals surface area (Å²) in [5, 5.41) is 20.3. The monoisotopic (exact) mass is 894 g/mol. The van der Waals surface area contributed by atoms with Crippen LogP contribution >= 0.6 is 12.2 Å². The third-order valence-electron chi connectivity index (χ3n) is 11.5. The lowest BCUT2D eigenvalue weighted by Crippen LogP contribution is -2.54. The van der Waals surface area contributed by atoms with Crippen LogP contribution < -0.4 is 29.3 Å². The number of fused-ring (bicyclic) bond motifs is 1. The average Bonchev–Trinajstić information content (AvgIpc) is 3.62. The average molecular weight is 895 g/mol. The van der Waals surface area contributed by atoms with Crippen molar-refractivity contribution in [2.45, 2.75) is 57.2 Å². The van der Waals surface area contributed by atoms with Crippen LogP contribution in [-0.2, 0) is 14.4 Å². The number of carbonyl (C=O) groups excluding carboxylic acids is 5. The maximum Gasteiger partial charge on any atom is 0.266 e. The molecule has 4 aliphatic rings. The van der Waals surface area contributed by atoms with E-state index in [0.717, 1.165) is 21.9 Å². The zero-order valence-electron chi connectivity index (χ0n) is 34.4. The molecule has 1 aromatic heterocycles. The van der Waals surface area contributed by atoms with Gasteiger partial charge in [-0.05, 0) is 68.9 Å². The Morgan fingerprint density at radius 1 is 1.00 bits per heavy atom. The third-order valence-corrected chi connectivity index (χ3v) is 11.9. The fraction of sp³-hybridized carbons (Fsp3) is 0.295. The number of aromatic nitrogens is 1. The van der Waals surface area contributed by atoms with Crippen LogP contribution in [-0.4, -0.2) is 99.8 Å². The molecule has 3 saturated heterocycles. The summed E-state index contributed by atoms with van der Waals surface area (Å²) in [6.45, 7) is 3.36. The summed E-state index contributed by atoms with van der Waals surface area (Å²) in [4.78, 5) is 72.9. The number of nitrogens with one attached hydrogen (secondary N) is 2.